The molecule has 1 aliphatic rings. The molecular weight excluding hydrogens is 496 g/mol. The molecule has 0 N–H and O–H groups in total. The SMILES string of the molecule is CON=C1CC(c2nc(CS(=O)(=O)Cc3ccco3)no2)N(C(=O)c2ccc(-c3ccccc3)cc2)C1. The van der Waals surface area contributed by atoms with Crippen LogP contribution in [0.15, 0.2) is 87.1 Å². The number of carbonyl (C=O) groups excluding carboxylic acids is 1. The molecule has 11 heteroatoms. The number of furan rings is 1. The van der Waals surface area contributed by atoms with Crippen LogP contribution in [0, 0.1) is 0 Å². The van der Waals surface area contributed by atoms with Crippen LogP contribution in [0.1, 0.15) is 40.3 Å². The summed E-state index contributed by atoms with van der Waals surface area (Å²) in [4.78, 5) is 24.3. The normalized spacial score (nSPS) is 16.8. The van der Waals surface area contributed by atoms with Crippen LogP contribution < -0.4 is 0 Å². The molecule has 0 spiro atoms. The highest BCUT2D eigenvalue weighted by molar-refractivity contribution is 7.89. The smallest absolute Gasteiger partial charge is 0.254 e. The number of benzene rings is 2. The molecule has 1 unspecified atom stereocenters. The summed E-state index contributed by atoms with van der Waals surface area (Å²) >= 11 is 0. The lowest BCUT2D eigenvalue weighted by atomic mass is 10.0. The van der Waals surface area contributed by atoms with Crippen LogP contribution in [0.3, 0.4) is 0 Å². The van der Waals surface area contributed by atoms with Crippen molar-refractivity contribution < 1.29 is 27.0 Å². The lowest BCUT2D eigenvalue weighted by Gasteiger charge is -2.21. The van der Waals surface area contributed by atoms with Gasteiger partial charge in [-0.25, -0.2) is 8.42 Å². The lowest BCUT2D eigenvalue weighted by Crippen LogP contribution is -2.31. The fourth-order valence-corrected chi connectivity index (χ4v) is 5.47. The molecule has 3 heterocycles. The first-order valence-electron chi connectivity index (χ1n) is 11.5. The molecule has 0 saturated carbocycles. The molecule has 1 aliphatic heterocycles. The minimum Gasteiger partial charge on any atom is -0.468 e. The summed E-state index contributed by atoms with van der Waals surface area (Å²) in [6.07, 6.45) is 1.74. The molecule has 2 aromatic heterocycles. The molecule has 5 rings (SSSR count). The average molecular weight is 521 g/mol. The Bertz CT molecular complexity index is 1500. The number of sulfone groups is 1. The van der Waals surface area contributed by atoms with E-state index in [9.17, 15) is 13.2 Å². The van der Waals surface area contributed by atoms with E-state index in [2.05, 4.69) is 15.3 Å². The molecule has 1 fully saturated rings. The maximum atomic E-state index is 13.5. The number of hydrogen-bond donors (Lipinski definition) is 0. The van der Waals surface area contributed by atoms with E-state index < -0.39 is 21.6 Å². The number of rotatable bonds is 8. The molecule has 1 saturated heterocycles. The minimum absolute atomic E-state index is 0.0123. The molecule has 0 bridgehead atoms. The predicted octanol–water partition coefficient (Wildman–Crippen LogP) is 4.03. The van der Waals surface area contributed by atoms with Crippen molar-refractivity contribution in [3.8, 4) is 11.1 Å². The summed E-state index contributed by atoms with van der Waals surface area (Å²) in [5, 5.41) is 7.87. The van der Waals surface area contributed by atoms with Crippen LogP contribution in [0.4, 0.5) is 0 Å². The Morgan fingerprint density at radius 1 is 1.05 bits per heavy atom. The van der Waals surface area contributed by atoms with Gasteiger partial charge in [-0.1, -0.05) is 52.8 Å². The Morgan fingerprint density at radius 3 is 2.51 bits per heavy atom. The summed E-state index contributed by atoms with van der Waals surface area (Å²) < 4.78 is 35.6. The van der Waals surface area contributed by atoms with E-state index >= 15 is 0 Å². The average Bonchev–Trinajstić information content (AvgIpc) is 3.66. The van der Waals surface area contributed by atoms with Crippen LogP contribution in [0.2, 0.25) is 0 Å². The Morgan fingerprint density at radius 2 is 1.81 bits per heavy atom. The van der Waals surface area contributed by atoms with Gasteiger partial charge in [0.2, 0.25) is 5.89 Å². The molecule has 0 aliphatic carbocycles. The third-order valence-electron chi connectivity index (χ3n) is 5.94. The van der Waals surface area contributed by atoms with Gasteiger partial charge in [0.05, 0.1) is 18.5 Å². The number of carbonyl (C=O) groups is 1. The quantitative estimate of drug-likeness (QED) is 0.319. The molecule has 4 aromatic rings. The van der Waals surface area contributed by atoms with E-state index in [4.69, 9.17) is 13.8 Å². The van der Waals surface area contributed by atoms with E-state index in [-0.39, 0.29) is 29.9 Å². The Kier molecular flexibility index (Phi) is 6.87. The number of likely N-dealkylation sites (tertiary alicyclic amines) is 1. The summed E-state index contributed by atoms with van der Waals surface area (Å²) in [6, 6.07) is 19.8. The second kappa shape index (κ2) is 10.4. The minimum atomic E-state index is -3.59. The van der Waals surface area contributed by atoms with Gasteiger partial charge >= 0.3 is 0 Å². The molecule has 37 heavy (non-hydrogen) atoms. The maximum Gasteiger partial charge on any atom is 0.254 e. The second-order valence-electron chi connectivity index (χ2n) is 8.60. The van der Waals surface area contributed by atoms with Crippen molar-refractivity contribution >= 4 is 21.5 Å². The van der Waals surface area contributed by atoms with E-state index in [1.54, 1.807) is 29.2 Å². The Balaban J connectivity index is 1.35. The van der Waals surface area contributed by atoms with Gasteiger partial charge in [-0.05, 0) is 35.4 Å². The van der Waals surface area contributed by atoms with Crippen molar-refractivity contribution in [2.45, 2.75) is 24.0 Å². The van der Waals surface area contributed by atoms with E-state index in [1.807, 2.05) is 42.5 Å². The molecule has 0 radical (unpaired) electrons. The van der Waals surface area contributed by atoms with Gasteiger partial charge in [-0.2, -0.15) is 4.98 Å². The van der Waals surface area contributed by atoms with Crippen LogP contribution in [0.25, 0.3) is 11.1 Å². The molecule has 2 aromatic carbocycles. The van der Waals surface area contributed by atoms with Gasteiger partial charge < -0.3 is 18.7 Å². The van der Waals surface area contributed by atoms with E-state index in [0.29, 0.717) is 23.5 Å². The number of oxime groups is 1. The fourth-order valence-electron chi connectivity index (χ4n) is 4.26. The van der Waals surface area contributed by atoms with Gasteiger partial charge in [0.1, 0.15) is 30.4 Å². The zero-order valence-electron chi connectivity index (χ0n) is 20.0. The highest BCUT2D eigenvalue weighted by Gasteiger charge is 2.38. The largest absolute Gasteiger partial charge is 0.468 e. The maximum absolute atomic E-state index is 13.5. The first-order chi connectivity index (χ1) is 17.9. The summed E-state index contributed by atoms with van der Waals surface area (Å²) in [7, 11) is -2.16. The van der Waals surface area contributed by atoms with Crippen molar-refractivity contribution in [2.24, 2.45) is 5.16 Å². The van der Waals surface area contributed by atoms with Crippen molar-refractivity contribution in [3.05, 3.63) is 96.0 Å². The van der Waals surface area contributed by atoms with Gasteiger partial charge in [-0.3, -0.25) is 4.79 Å². The first-order valence-corrected chi connectivity index (χ1v) is 13.3. The van der Waals surface area contributed by atoms with Gasteiger partial charge in [0, 0.05) is 12.0 Å². The lowest BCUT2D eigenvalue weighted by molar-refractivity contribution is 0.0713. The van der Waals surface area contributed by atoms with Crippen molar-refractivity contribution in [2.75, 3.05) is 13.7 Å². The topological polar surface area (TPSA) is 128 Å². The monoisotopic (exact) mass is 520 g/mol. The molecule has 190 valence electrons. The molecule has 10 nitrogen and oxygen atoms in total. The van der Waals surface area contributed by atoms with Crippen molar-refractivity contribution in [1.82, 2.24) is 15.0 Å². The number of nitrogens with zero attached hydrogens (tertiary/aromatic N) is 4. The number of hydrogen-bond acceptors (Lipinski definition) is 9. The van der Waals surface area contributed by atoms with Crippen LogP contribution >= 0.6 is 0 Å². The fraction of sp³-hybridized carbons (Fsp3) is 0.231. The van der Waals surface area contributed by atoms with Crippen LogP contribution in [0.5, 0.6) is 0 Å². The van der Waals surface area contributed by atoms with Crippen molar-refractivity contribution in [1.29, 1.82) is 0 Å². The highest BCUT2D eigenvalue weighted by atomic mass is 32.2. The van der Waals surface area contributed by atoms with Crippen molar-refractivity contribution in [3.63, 3.8) is 0 Å². The zero-order valence-corrected chi connectivity index (χ0v) is 20.8. The first kappa shape index (κ1) is 24.4. The van der Waals surface area contributed by atoms with E-state index in [1.165, 1.54) is 13.4 Å². The number of amides is 1. The summed E-state index contributed by atoms with van der Waals surface area (Å²) in [5.41, 5.74) is 3.17. The van der Waals surface area contributed by atoms with E-state index in [0.717, 1.165) is 11.1 Å². The third kappa shape index (κ3) is 5.61. The second-order valence-corrected chi connectivity index (χ2v) is 10.7. The third-order valence-corrected chi connectivity index (χ3v) is 7.36. The van der Waals surface area contributed by atoms with Gasteiger partial charge in [0.15, 0.2) is 15.7 Å². The standard InChI is InChI=1S/C26H24N4O6S/c1-34-28-21-14-23(25-27-24(29-36-25)17-37(32,33)16-22-8-5-13-35-22)30(15-21)26(31)20-11-9-19(10-12-20)18-6-3-2-4-7-18/h2-13,23H,14-17H2,1H3. The highest BCUT2D eigenvalue weighted by Crippen LogP contribution is 2.32. The Hall–Kier alpha value is -4.25. The Labute approximate surface area is 213 Å². The molecule has 1 amide bonds. The predicted molar refractivity (Wildman–Crippen MR) is 134 cm³/mol. The van der Waals surface area contributed by atoms with Gasteiger partial charge in [-0.15, -0.1) is 0 Å². The van der Waals surface area contributed by atoms with Crippen LogP contribution in [-0.2, 0) is 26.2 Å². The van der Waals surface area contributed by atoms with Crippen LogP contribution in [-0.4, -0.2) is 48.7 Å². The number of aromatic nitrogens is 2. The zero-order chi connectivity index (χ0) is 25.8. The van der Waals surface area contributed by atoms with Gasteiger partial charge in [0.25, 0.3) is 5.91 Å². The molecular formula is C26H24N4O6S. The summed E-state index contributed by atoms with van der Waals surface area (Å²) in [6.45, 7) is 0.215. The summed E-state index contributed by atoms with van der Waals surface area (Å²) in [5.74, 6) is -0.456. The molecule has 1 atom stereocenters.